The summed E-state index contributed by atoms with van der Waals surface area (Å²) in [6, 6.07) is 12.8. The van der Waals surface area contributed by atoms with Crippen molar-refractivity contribution in [3.63, 3.8) is 0 Å². The molecule has 0 saturated carbocycles. The molecule has 0 bridgehead atoms. The number of carbonyl (C=O) groups excluding carboxylic acids is 3. The van der Waals surface area contributed by atoms with Gasteiger partial charge in [-0.25, -0.2) is 4.39 Å². The van der Waals surface area contributed by atoms with E-state index < -0.39 is 41.4 Å². The van der Waals surface area contributed by atoms with E-state index in [2.05, 4.69) is 5.32 Å². The number of nitrogens with one attached hydrogen (secondary N) is 1. The lowest BCUT2D eigenvalue weighted by Crippen LogP contribution is -2.38. The number of alkyl halides is 3. The summed E-state index contributed by atoms with van der Waals surface area (Å²) >= 11 is 0.626. The number of benzene rings is 2. The Morgan fingerprint density at radius 2 is 1.72 bits per heavy atom. The van der Waals surface area contributed by atoms with Crippen molar-refractivity contribution in [3.8, 4) is 0 Å². The average Bonchev–Trinajstić information content (AvgIpc) is 3.01. The Labute approximate surface area is 185 Å². The highest BCUT2D eigenvalue weighted by Gasteiger charge is 2.42. The number of carbonyl (C=O) groups is 3. The molecule has 1 fully saturated rings. The largest absolute Gasteiger partial charge is 0.396 e. The number of imide groups is 1. The highest BCUT2D eigenvalue weighted by molar-refractivity contribution is 8.18. The highest BCUT2D eigenvalue weighted by atomic mass is 32.2. The molecule has 0 aromatic heterocycles. The lowest BCUT2D eigenvalue weighted by molar-refractivity contribution is -0.157. The number of halogens is 4. The molecule has 10 heteroatoms. The minimum atomic E-state index is -4.61. The Morgan fingerprint density at radius 1 is 1.06 bits per heavy atom. The summed E-state index contributed by atoms with van der Waals surface area (Å²) in [7, 11) is 0. The summed E-state index contributed by atoms with van der Waals surface area (Å²) < 4.78 is 53.9. The first-order valence-corrected chi connectivity index (χ1v) is 10.4. The molecule has 1 heterocycles. The molecule has 1 aliphatic rings. The van der Waals surface area contributed by atoms with Gasteiger partial charge in [0.2, 0.25) is 5.91 Å². The molecule has 1 aliphatic heterocycles. The first-order chi connectivity index (χ1) is 15.2. The predicted molar refractivity (Wildman–Crippen MR) is 112 cm³/mol. The molecule has 168 valence electrons. The molecule has 1 unspecified atom stereocenters. The standard InChI is InChI=1S/C22H18F4N2O3S/c23-17-9-5-4-8-15(17)12-18-20(30)28(21(31)32-18)11-10-27-19(29)13-16(22(24,25)26)14-6-2-1-3-7-14/h1-9,12,16H,10-11,13H2,(H,27,29). The highest BCUT2D eigenvalue weighted by Crippen LogP contribution is 2.37. The van der Waals surface area contributed by atoms with Crippen molar-refractivity contribution in [2.75, 3.05) is 13.1 Å². The molecular weight excluding hydrogens is 448 g/mol. The molecule has 5 nitrogen and oxygen atoms in total. The summed E-state index contributed by atoms with van der Waals surface area (Å²) in [6.07, 6.45) is -4.17. The number of thioether (sulfide) groups is 1. The smallest absolute Gasteiger partial charge is 0.354 e. The van der Waals surface area contributed by atoms with Gasteiger partial charge < -0.3 is 5.32 Å². The summed E-state index contributed by atoms with van der Waals surface area (Å²) in [5.41, 5.74) is 0.116. The van der Waals surface area contributed by atoms with E-state index in [0.717, 1.165) is 4.90 Å². The zero-order valence-corrected chi connectivity index (χ0v) is 17.4. The summed E-state index contributed by atoms with van der Waals surface area (Å²) in [6.45, 7) is -0.420. The molecule has 1 saturated heterocycles. The Kier molecular flexibility index (Phi) is 7.34. The fourth-order valence-corrected chi connectivity index (χ4v) is 3.95. The average molecular weight is 466 g/mol. The van der Waals surface area contributed by atoms with Gasteiger partial charge in [0.1, 0.15) is 5.82 Å². The normalized spacial score (nSPS) is 16.5. The van der Waals surface area contributed by atoms with Crippen LogP contribution in [0.5, 0.6) is 0 Å². The first-order valence-electron chi connectivity index (χ1n) is 9.55. The lowest BCUT2D eigenvalue weighted by atomic mass is 9.95. The molecular formula is C22H18F4N2O3S. The Bertz CT molecular complexity index is 1040. The van der Waals surface area contributed by atoms with E-state index in [0.29, 0.717) is 11.8 Å². The molecule has 3 amide bonds. The maximum Gasteiger partial charge on any atom is 0.396 e. The number of nitrogens with zero attached hydrogens (tertiary/aromatic N) is 1. The summed E-state index contributed by atoms with van der Waals surface area (Å²) in [5.74, 6) is -4.03. The van der Waals surface area contributed by atoms with E-state index in [1.165, 1.54) is 48.5 Å². The molecule has 3 rings (SSSR count). The van der Waals surface area contributed by atoms with Crippen molar-refractivity contribution in [1.29, 1.82) is 0 Å². The topological polar surface area (TPSA) is 66.5 Å². The van der Waals surface area contributed by atoms with Gasteiger partial charge in [-0.15, -0.1) is 0 Å². The van der Waals surface area contributed by atoms with Gasteiger partial charge in [-0.2, -0.15) is 13.2 Å². The van der Waals surface area contributed by atoms with Crippen LogP contribution < -0.4 is 5.32 Å². The van der Waals surface area contributed by atoms with Crippen molar-refractivity contribution in [1.82, 2.24) is 10.2 Å². The quantitative estimate of drug-likeness (QED) is 0.474. The number of hydrogen-bond donors (Lipinski definition) is 1. The second-order valence-corrected chi connectivity index (χ2v) is 7.91. The van der Waals surface area contributed by atoms with Gasteiger partial charge in [0.25, 0.3) is 11.1 Å². The molecule has 0 spiro atoms. The zero-order valence-electron chi connectivity index (χ0n) is 16.6. The number of rotatable bonds is 7. The van der Waals surface area contributed by atoms with Gasteiger partial charge in [-0.3, -0.25) is 19.3 Å². The van der Waals surface area contributed by atoms with Crippen LogP contribution in [0.4, 0.5) is 22.4 Å². The molecule has 1 N–H and O–H groups in total. The fraction of sp³-hybridized carbons (Fsp3) is 0.227. The Balaban J connectivity index is 1.57. The number of hydrogen-bond acceptors (Lipinski definition) is 4. The lowest BCUT2D eigenvalue weighted by Gasteiger charge is -2.20. The third-order valence-electron chi connectivity index (χ3n) is 4.71. The molecule has 0 radical (unpaired) electrons. The molecule has 1 atom stereocenters. The van der Waals surface area contributed by atoms with E-state index in [4.69, 9.17) is 0 Å². The van der Waals surface area contributed by atoms with Gasteiger partial charge in [-0.05, 0) is 29.5 Å². The second kappa shape index (κ2) is 9.99. The zero-order chi connectivity index (χ0) is 23.3. The third kappa shape index (κ3) is 5.76. The van der Waals surface area contributed by atoms with Crippen molar-refractivity contribution in [2.24, 2.45) is 0 Å². The van der Waals surface area contributed by atoms with E-state index in [1.807, 2.05) is 0 Å². The van der Waals surface area contributed by atoms with Gasteiger partial charge in [-0.1, -0.05) is 48.5 Å². The van der Waals surface area contributed by atoms with Crippen LogP contribution in [-0.4, -0.2) is 41.2 Å². The SMILES string of the molecule is O=C(CC(c1ccccc1)C(F)(F)F)NCCN1C(=O)SC(=Cc2ccccc2F)C1=O. The van der Waals surface area contributed by atoms with E-state index in [-0.39, 0.29) is 29.1 Å². The van der Waals surface area contributed by atoms with E-state index >= 15 is 0 Å². The van der Waals surface area contributed by atoms with Crippen LogP contribution in [0.1, 0.15) is 23.5 Å². The predicted octanol–water partition coefficient (Wildman–Crippen LogP) is 4.71. The minimum Gasteiger partial charge on any atom is -0.354 e. The van der Waals surface area contributed by atoms with Crippen LogP contribution in [0, 0.1) is 5.82 Å². The van der Waals surface area contributed by atoms with Crippen LogP contribution >= 0.6 is 11.8 Å². The van der Waals surface area contributed by atoms with Crippen molar-refractivity contribution in [2.45, 2.75) is 18.5 Å². The summed E-state index contributed by atoms with van der Waals surface area (Å²) in [4.78, 5) is 37.5. The van der Waals surface area contributed by atoms with Gasteiger partial charge in [0.15, 0.2) is 0 Å². The van der Waals surface area contributed by atoms with Crippen LogP contribution in [0.25, 0.3) is 6.08 Å². The molecule has 2 aromatic carbocycles. The minimum absolute atomic E-state index is 0.0210. The second-order valence-electron chi connectivity index (χ2n) is 6.91. The number of amides is 3. The van der Waals surface area contributed by atoms with Crippen molar-refractivity contribution in [3.05, 3.63) is 76.4 Å². The Hall–Kier alpha value is -3.14. The van der Waals surface area contributed by atoms with Gasteiger partial charge >= 0.3 is 6.18 Å². The van der Waals surface area contributed by atoms with Crippen LogP contribution in [0.3, 0.4) is 0 Å². The van der Waals surface area contributed by atoms with Crippen LogP contribution in [-0.2, 0) is 9.59 Å². The first kappa shape index (κ1) is 23.5. The molecule has 0 aliphatic carbocycles. The third-order valence-corrected chi connectivity index (χ3v) is 5.62. The molecule has 32 heavy (non-hydrogen) atoms. The van der Waals surface area contributed by atoms with Gasteiger partial charge in [0, 0.05) is 25.1 Å². The molecule has 2 aromatic rings. The van der Waals surface area contributed by atoms with Crippen molar-refractivity contribution < 1.29 is 31.9 Å². The fourth-order valence-electron chi connectivity index (χ4n) is 3.10. The van der Waals surface area contributed by atoms with E-state index in [9.17, 15) is 31.9 Å². The summed E-state index contributed by atoms with van der Waals surface area (Å²) in [5, 5.41) is 1.72. The maximum absolute atomic E-state index is 13.8. The van der Waals surface area contributed by atoms with E-state index in [1.54, 1.807) is 12.1 Å². The van der Waals surface area contributed by atoms with Gasteiger partial charge in [0.05, 0.1) is 10.8 Å². The Morgan fingerprint density at radius 3 is 2.38 bits per heavy atom. The van der Waals surface area contributed by atoms with Crippen molar-refractivity contribution >= 4 is 34.9 Å². The maximum atomic E-state index is 13.8. The monoisotopic (exact) mass is 466 g/mol. The van der Waals surface area contributed by atoms with Crippen LogP contribution in [0.15, 0.2) is 59.5 Å². The van der Waals surface area contributed by atoms with Crippen LogP contribution in [0.2, 0.25) is 0 Å².